The van der Waals surface area contributed by atoms with Crippen LogP contribution in [0.3, 0.4) is 0 Å². The first-order valence-electron chi connectivity index (χ1n) is 10.2. The van der Waals surface area contributed by atoms with E-state index in [1.807, 2.05) is 0 Å². The van der Waals surface area contributed by atoms with E-state index in [4.69, 9.17) is 9.47 Å². The Labute approximate surface area is 193 Å². The van der Waals surface area contributed by atoms with Gasteiger partial charge in [0.2, 0.25) is 11.6 Å². The zero-order valence-electron chi connectivity index (χ0n) is 18.7. The number of hydrogen-bond donors (Lipinski definition) is 2. The fourth-order valence-electron chi connectivity index (χ4n) is 2.79. The van der Waals surface area contributed by atoms with Gasteiger partial charge in [-0.05, 0) is 26.3 Å². The average Bonchev–Trinajstić information content (AvgIpc) is 2.73. The van der Waals surface area contributed by atoms with Crippen molar-refractivity contribution < 1.29 is 46.5 Å². The van der Waals surface area contributed by atoms with E-state index < -0.39 is 71.9 Å². The molecule has 1 amide bonds. The number of hydrogen-bond acceptors (Lipinski definition) is 6. The van der Waals surface area contributed by atoms with Crippen LogP contribution in [0.15, 0.2) is 36.4 Å². The normalized spacial score (nSPS) is 13.1. The van der Waals surface area contributed by atoms with Crippen molar-refractivity contribution >= 4 is 12.1 Å². The van der Waals surface area contributed by atoms with Crippen molar-refractivity contribution in [3.8, 4) is 5.75 Å². The lowest BCUT2D eigenvalue weighted by molar-refractivity contribution is -0.155. The van der Waals surface area contributed by atoms with Crippen molar-refractivity contribution in [2.24, 2.45) is 0 Å². The molecule has 2 aromatic carbocycles. The van der Waals surface area contributed by atoms with Gasteiger partial charge in [-0.15, -0.1) is 0 Å². The van der Waals surface area contributed by atoms with Crippen LogP contribution in [0.4, 0.5) is 22.4 Å². The van der Waals surface area contributed by atoms with Crippen molar-refractivity contribution in [2.75, 3.05) is 0 Å². The molecule has 0 radical (unpaired) electrons. The summed E-state index contributed by atoms with van der Waals surface area (Å²) in [6.07, 6.45) is -4.09. The van der Waals surface area contributed by atoms with Gasteiger partial charge in [0.25, 0.3) is 0 Å². The fraction of sp³-hybridized carbons (Fsp3) is 0.391. The van der Waals surface area contributed by atoms with Gasteiger partial charge >= 0.3 is 12.1 Å². The van der Waals surface area contributed by atoms with Crippen LogP contribution in [0.1, 0.15) is 39.2 Å². The molecule has 0 saturated carbocycles. The number of rotatable bonds is 9. The molecule has 0 spiro atoms. The Morgan fingerprint density at radius 1 is 1.03 bits per heavy atom. The molecule has 0 saturated heterocycles. The first kappa shape index (κ1) is 26.9. The van der Waals surface area contributed by atoms with Crippen LogP contribution in [-0.4, -0.2) is 35.1 Å². The zero-order chi connectivity index (χ0) is 25.5. The highest BCUT2D eigenvalue weighted by atomic mass is 19.2. The van der Waals surface area contributed by atoms with E-state index in [0.29, 0.717) is 5.56 Å². The number of carbonyl (C=O) groups is 2. The smallest absolute Gasteiger partial charge is 0.407 e. The molecule has 0 bridgehead atoms. The number of carbonyl (C=O) groups excluding carboxylic acids is 2. The van der Waals surface area contributed by atoms with Crippen molar-refractivity contribution in [1.29, 1.82) is 0 Å². The molecule has 186 valence electrons. The van der Waals surface area contributed by atoms with Crippen LogP contribution < -0.4 is 10.1 Å². The first-order chi connectivity index (χ1) is 15.9. The Kier molecular flexibility index (Phi) is 9.25. The third-order valence-electron chi connectivity index (χ3n) is 4.18. The number of halogens is 4. The van der Waals surface area contributed by atoms with Gasteiger partial charge in [0.1, 0.15) is 12.2 Å². The second kappa shape index (κ2) is 11.7. The number of esters is 1. The Bertz CT molecular complexity index is 971. The maximum absolute atomic E-state index is 13.8. The van der Waals surface area contributed by atoms with E-state index in [1.54, 1.807) is 51.1 Å². The van der Waals surface area contributed by atoms with Gasteiger partial charge < -0.3 is 24.6 Å². The van der Waals surface area contributed by atoms with Gasteiger partial charge in [-0.2, -0.15) is 8.78 Å². The van der Waals surface area contributed by atoms with Crippen molar-refractivity contribution in [1.82, 2.24) is 5.32 Å². The third-order valence-corrected chi connectivity index (χ3v) is 4.18. The summed E-state index contributed by atoms with van der Waals surface area (Å²) in [5.74, 6) is -9.40. The maximum Gasteiger partial charge on any atom is 0.407 e. The van der Waals surface area contributed by atoms with E-state index >= 15 is 0 Å². The van der Waals surface area contributed by atoms with Crippen LogP contribution in [0.25, 0.3) is 0 Å². The predicted molar refractivity (Wildman–Crippen MR) is 112 cm³/mol. The van der Waals surface area contributed by atoms with Gasteiger partial charge in [0.05, 0.1) is 6.42 Å². The van der Waals surface area contributed by atoms with Crippen molar-refractivity contribution in [3.05, 3.63) is 65.2 Å². The van der Waals surface area contributed by atoms with E-state index in [9.17, 15) is 32.3 Å². The molecule has 2 aromatic rings. The quantitative estimate of drug-likeness (QED) is 0.236. The van der Waals surface area contributed by atoms with Crippen molar-refractivity contribution in [2.45, 2.75) is 58.2 Å². The second-order valence-electron chi connectivity index (χ2n) is 8.30. The highest BCUT2D eigenvalue weighted by Gasteiger charge is 2.28. The summed E-state index contributed by atoms with van der Waals surface area (Å²) in [6.45, 7) is 4.75. The maximum atomic E-state index is 13.8. The van der Waals surface area contributed by atoms with E-state index in [2.05, 4.69) is 10.1 Å². The van der Waals surface area contributed by atoms with Gasteiger partial charge in [0, 0.05) is 18.5 Å². The number of aliphatic hydroxyl groups is 1. The Morgan fingerprint density at radius 2 is 1.62 bits per heavy atom. The molecule has 2 N–H and O–H groups in total. The minimum Gasteiger partial charge on any atom is -0.460 e. The highest BCUT2D eigenvalue weighted by Crippen LogP contribution is 2.28. The summed E-state index contributed by atoms with van der Waals surface area (Å²) in [7, 11) is 0. The number of nitrogens with one attached hydrogen (secondary N) is 1. The largest absolute Gasteiger partial charge is 0.460 e. The molecule has 0 aromatic heterocycles. The summed E-state index contributed by atoms with van der Waals surface area (Å²) >= 11 is 0. The number of aliphatic hydroxyl groups excluding tert-OH is 1. The molecule has 2 unspecified atom stereocenters. The molecule has 0 aliphatic carbocycles. The monoisotopic (exact) mass is 487 g/mol. The summed E-state index contributed by atoms with van der Waals surface area (Å²) in [6, 6.07) is 7.48. The van der Waals surface area contributed by atoms with Gasteiger partial charge in [-0.25, -0.2) is 13.6 Å². The Morgan fingerprint density at radius 3 is 2.18 bits per heavy atom. The summed E-state index contributed by atoms with van der Waals surface area (Å²) < 4.78 is 69.3. The minimum atomic E-state index is -2.06. The zero-order valence-corrected chi connectivity index (χ0v) is 18.7. The molecule has 11 heteroatoms. The highest BCUT2D eigenvalue weighted by molar-refractivity contribution is 5.73. The minimum absolute atomic E-state index is 0.0144. The number of ether oxygens (including phenoxy) is 3. The molecular weight excluding hydrogens is 462 g/mol. The number of benzene rings is 2. The first-order valence-corrected chi connectivity index (χ1v) is 10.2. The van der Waals surface area contributed by atoms with Crippen LogP contribution in [0.5, 0.6) is 5.75 Å². The topological polar surface area (TPSA) is 94.1 Å². The SMILES string of the molecule is CC(C)(C)OC(=O)CC(CC(O)Oc1c(F)c(F)cc(F)c1F)NC(=O)OCc1ccccc1. The van der Waals surface area contributed by atoms with E-state index in [0.717, 1.165) is 0 Å². The lowest BCUT2D eigenvalue weighted by atomic mass is 10.1. The number of alkyl carbamates (subject to hydrolysis) is 1. The van der Waals surface area contributed by atoms with Crippen LogP contribution >= 0.6 is 0 Å². The predicted octanol–water partition coefficient (Wildman–Crippen LogP) is 4.36. The lowest BCUT2D eigenvalue weighted by Gasteiger charge is -2.24. The lowest BCUT2D eigenvalue weighted by Crippen LogP contribution is -2.41. The Balaban J connectivity index is 2.09. The molecule has 2 rings (SSSR count). The van der Waals surface area contributed by atoms with Crippen LogP contribution in [0, 0.1) is 23.3 Å². The summed E-state index contributed by atoms with van der Waals surface area (Å²) in [5, 5.41) is 12.5. The van der Waals surface area contributed by atoms with Crippen LogP contribution in [0.2, 0.25) is 0 Å². The molecule has 0 fully saturated rings. The summed E-state index contributed by atoms with van der Waals surface area (Å²) in [4.78, 5) is 24.4. The number of amides is 1. The average molecular weight is 487 g/mol. The Hall–Kier alpha value is -3.34. The van der Waals surface area contributed by atoms with Crippen molar-refractivity contribution in [3.63, 3.8) is 0 Å². The van der Waals surface area contributed by atoms with E-state index in [1.165, 1.54) is 0 Å². The standard InChI is InChI=1S/C23H25F4NO6/c1-23(2,3)34-18(30)10-14(28-22(31)32-12-13-7-5-4-6-8-13)9-17(29)33-21-19(26)15(24)11-16(25)20(21)27/h4-8,11,14,17,29H,9-10,12H2,1-3H3,(H,28,31). The van der Waals surface area contributed by atoms with Gasteiger partial charge in [0.15, 0.2) is 23.7 Å². The van der Waals surface area contributed by atoms with E-state index in [-0.39, 0.29) is 12.7 Å². The second-order valence-corrected chi connectivity index (χ2v) is 8.30. The molecule has 7 nitrogen and oxygen atoms in total. The molecule has 0 aliphatic rings. The molecule has 0 heterocycles. The van der Waals surface area contributed by atoms with Crippen LogP contribution in [-0.2, 0) is 20.9 Å². The molecular formula is C23H25F4NO6. The van der Waals surface area contributed by atoms with Gasteiger partial charge in [-0.3, -0.25) is 4.79 Å². The third kappa shape index (κ3) is 8.54. The molecule has 0 aliphatic heterocycles. The van der Waals surface area contributed by atoms with Gasteiger partial charge in [-0.1, -0.05) is 30.3 Å². The fourth-order valence-corrected chi connectivity index (χ4v) is 2.79. The molecule has 2 atom stereocenters. The molecule has 34 heavy (non-hydrogen) atoms. The summed E-state index contributed by atoms with van der Waals surface area (Å²) in [5.41, 5.74) is -0.167.